The van der Waals surface area contributed by atoms with Gasteiger partial charge in [0.25, 0.3) is 0 Å². The molecule has 21 heavy (non-hydrogen) atoms. The van der Waals surface area contributed by atoms with E-state index < -0.39 is 0 Å². The van der Waals surface area contributed by atoms with E-state index in [1.165, 1.54) is 94.9 Å². The molecule has 0 aliphatic heterocycles. The topological polar surface area (TPSA) is 0 Å². The third-order valence-electron chi connectivity index (χ3n) is 5.23. The first-order valence-electron chi connectivity index (χ1n) is 9.99. The Morgan fingerprint density at radius 2 is 1.05 bits per heavy atom. The largest absolute Gasteiger partial charge is 0.324 e. The van der Waals surface area contributed by atoms with Crippen molar-refractivity contribution < 1.29 is 4.48 Å². The molecule has 0 aliphatic carbocycles. The van der Waals surface area contributed by atoms with Gasteiger partial charge in [-0.2, -0.15) is 0 Å². The highest BCUT2D eigenvalue weighted by Crippen LogP contribution is 2.18. The lowest BCUT2D eigenvalue weighted by Gasteiger charge is -2.39. The van der Waals surface area contributed by atoms with E-state index in [9.17, 15) is 0 Å². The summed E-state index contributed by atoms with van der Waals surface area (Å²) >= 11 is 0. The molecule has 0 rings (SSSR count). The van der Waals surface area contributed by atoms with Crippen molar-refractivity contribution in [3.8, 4) is 0 Å². The highest BCUT2D eigenvalue weighted by Gasteiger charge is 2.25. The number of hydrogen-bond acceptors (Lipinski definition) is 0. The normalized spacial score (nSPS) is 13.6. The standard InChI is InChI=1S/C20H44N/c1-6-10-16-21(17-11-7-2,18-12-8-3)19-14-13-15-20(5)9-4/h20H,6-19H2,1-5H3/q+1. The van der Waals surface area contributed by atoms with Crippen molar-refractivity contribution >= 4 is 0 Å². The van der Waals surface area contributed by atoms with Gasteiger partial charge >= 0.3 is 0 Å². The minimum absolute atomic E-state index is 0.925. The molecule has 1 nitrogen and oxygen atoms in total. The van der Waals surface area contributed by atoms with Crippen molar-refractivity contribution in [3.05, 3.63) is 0 Å². The number of nitrogens with zero attached hydrogens (tertiary/aromatic N) is 1. The lowest BCUT2D eigenvalue weighted by molar-refractivity contribution is -0.929. The monoisotopic (exact) mass is 298 g/mol. The van der Waals surface area contributed by atoms with Crippen molar-refractivity contribution in [1.29, 1.82) is 0 Å². The summed E-state index contributed by atoms with van der Waals surface area (Å²) in [6.45, 7) is 17.5. The van der Waals surface area contributed by atoms with Crippen LogP contribution in [0.3, 0.4) is 0 Å². The zero-order valence-corrected chi connectivity index (χ0v) is 15.9. The van der Waals surface area contributed by atoms with Gasteiger partial charge in [-0.25, -0.2) is 0 Å². The van der Waals surface area contributed by atoms with Crippen LogP contribution in [0.25, 0.3) is 0 Å². The van der Waals surface area contributed by atoms with Crippen molar-refractivity contribution in [2.24, 2.45) is 5.92 Å². The maximum atomic E-state index is 2.41. The Morgan fingerprint density at radius 3 is 1.43 bits per heavy atom. The van der Waals surface area contributed by atoms with E-state index in [-0.39, 0.29) is 0 Å². The number of unbranched alkanes of at least 4 members (excludes halogenated alkanes) is 4. The summed E-state index contributed by atoms with van der Waals surface area (Å²) in [7, 11) is 0. The van der Waals surface area contributed by atoms with E-state index in [1.54, 1.807) is 0 Å². The van der Waals surface area contributed by atoms with Crippen LogP contribution < -0.4 is 0 Å². The summed E-state index contributed by atoms with van der Waals surface area (Å²) in [6, 6.07) is 0. The van der Waals surface area contributed by atoms with Crippen molar-refractivity contribution in [3.63, 3.8) is 0 Å². The smallest absolute Gasteiger partial charge is 0.0786 e. The molecular weight excluding hydrogens is 254 g/mol. The van der Waals surface area contributed by atoms with Crippen LogP contribution in [0.15, 0.2) is 0 Å². The molecule has 0 spiro atoms. The van der Waals surface area contributed by atoms with Gasteiger partial charge in [-0.3, -0.25) is 0 Å². The number of hydrogen-bond donors (Lipinski definition) is 0. The quantitative estimate of drug-likeness (QED) is 0.242. The molecule has 0 aromatic carbocycles. The molecule has 1 atom stereocenters. The fraction of sp³-hybridized carbons (Fsp3) is 1.00. The minimum Gasteiger partial charge on any atom is -0.324 e. The molecule has 0 bridgehead atoms. The first-order valence-corrected chi connectivity index (χ1v) is 9.99. The summed E-state index contributed by atoms with van der Waals surface area (Å²) in [5, 5.41) is 0. The van der Waals surface area contributed by atoms with E-state index in [0.29, 0.717) is 0 Å². The first kappa shape index (κ1) is 21.0. The average Bonchev–Trinajstić information content (AvgIpc) is 2.52. The molecule has 0 radical (unpaired) electrons. The molecule has 0 aliphatic rings. The van der Waals surface area contributed by atoms with Gasteiger partial charge in [0.15, 0.2) is 0 Å². The lowest BCUT2D eigenvalue weighted by Crippen LogP contribution is -2.50. The molecule has 0 heterocycles. The predicted octanol–water partition coefficient (Wildman–Crippen LogP) is 6.42. The highest BCUT2D eigenvalue weighted by atomic mass is 15.3. The zero-order valence-electron chi connectivity index (χ0n) is 15.9. The fourth-order valence-corrected chi connectivity index (χ4v) is 3.30. The van der Waals surface area contributed by atoms with Crippen LogP contribution in [0.5, 0.6) is 0 Å². The Kier molecular flexibility index (Phi) is 13.6. The average molecular weight is 299 g/mol. The van der Waals surface area contributed by atoms with E-state index >= 15 is 0 Å². The molecule has 0 fully saturated rings. The Hall–Kier alpha value is -0.0400. The Balaban J connectivity index is 4.41. The van der Waals surface area contributed by atoms with Gasteiger partial charge < -0.3 is 4.48 Å². The van der Waals surface area contributed by atoms with Gasteiger partial charge in [-0.05, 0) is 38.0 Å². The summed E-state index contributed by atoms with van der Waals surface area (Å²) in [6.07, 6.45) is 14.0. The molecule has 0 amide bonds. The van der Waals surface area contributed by atoms with E-state index in [2.05, 4.69) is 34.6 Å². The molecule has 0 aromatic rings. The summed E-state index contributed by atoms with van der Waals surface area (Å²) < 4.78 is 1.43. The summed E-state index contributed by atoms with van der Waals surface area (Å²) in [4.78, 5) is 0. The van der Waals surface area contributed by atoms with E-state index in [4.69, 9.17) is 0 Å². The predicted molar refractivity (Wildman–Crippen MR) is 97.8 cm³/mol. The van der Waals surface area contributed by atoms with E-state index in [0.717, 1.165) is 5.92 Å². The number of rotatable bonds is 15. The molecule has 128 valence electrons. The number of quaternary nitrogens is 1. The van der Waals surface area contributed by atoms with Crippen LogP contribution in [0.2, 0.25) is 0 Å². The fourth-order valence-electron chi connectivity index (χ4n) is 3.30. The second-order valence-corrected chi connectivity index (χ2v) is 7.31. The lowest BCUT2D eigenvalue weighted by atomic mass is 10.0. The van der Waals surface area contributed by atoms with Crippen molar-refractivity contribution in [2.75, 3.05) is 26.2 Å². The van der Waals surface area contributed by atoms with Crippen LogP contribution in [0, 0.1) is 5.92 Å². The first-order chi connectivity index (χ1) is 10.1. The molecule has 1 unspecified atom stereocenters. The van der Waals surface area contributed by atoms with Crippen LogP contribution in [-0.4, -0.2) is 30.7 Å². The van der Waals surface area contributed by atoms with Gasteiger partial charge in [0.2, 0.25) is 0 Å². The molecule has 0 saturated carbocycles. The third kappa shape index (κ3) is 10.3. The second kappa shape index (κ2) is 13.6. The van der Waals surface area contributed by atoms with Crippen LogP contribution in [0.1, 0.15) is 98.8 Å². The Labute approximate surface area is 136 Å². The summed E-state index contributed by atoms with van der Waals surface area (Å²) in [5.41, 5.74) is 0. The molecule has 0 saturated heterocycles. The third-order valence-corrected chi connectivity index (χ3v) is 5.23. The van der Waals surface area contributed by atoms with Gasteiger partial charge in [0.05, 0.1) is 26.2 Å². The SMILES string of the molecule is CCCC[N+](CCCC)(CCCC)CCCCC(C)CC. The molecular formula is C20H44N+. The maximum Gasteiger partial charge on any atom is 0.0786 e. The van der Waals surface area contributed by atoms with Gasteiger partial charge in [-0.1, -0.05) is 66.7 Å². The zero-order chi connectivity index (χ0) is 16.0. The molecule has 0 N–H and O–H groups in total. The Bertz CT molecular complexity index is 190. The summed E-state index contributed by atoms with van der Waals surface area (Å²) in [5.74, 6) is 0.925. The Morgan fingerprint density at radius 1 is 0.619 bits per heavy atom. The van der Waals surface area contributed by atoms with E-state index in [1.807, 2.05) is 0 Å². The van der Waals surface area contributed by atoms with Crippen molar-refractivity contribution in [2.45, 2.75) is 98.8 Å². The highest BCUT2D eigenvalue weighted by molar-refractivity contribution is 4.53. The van der Waals surface area contributed by atoms with Crippen molar-refractivity contribution in [1.82, 2.24) is 0 Å². The molecule has 1 heteroatoms. The molecule has 0 aromatic heterocycles. The second-order valence-electron chi connectivity index (χ2n) is 7.31. The van der Waals surface area contributed by atoms with Crippen LogP contribution >= 0.6 is 0 Å². The van der Waals surface area contributed by atoms with Gasteiger partial charge in [0.1, 0.15) is 0 Å². The van der Waals surface area contributed by atoms with Gasteiger partial charge in [0, 0.05) is 0 Å². The van der Waals surface area contributed by atoms with Crippen LogP contribution in [-0.2, 0) is 0 Å². The van der Waals surface area contributed by atoms with Crippen LogP contribution in [0.4, 0.5) is 0 Å². The van der Waals surface area contributed by atoms with Gasteiger partial charge in [-0.15, -0.1) is 0 Å². The minimum atomic E-state index is 0.925. The maximum absolute atomic E-state index is 2.41.